The van der Waals surface area contributed by atoms with E-state index in [4.69, 9.17) is 19.9 Å². The highest BCUT2D eigenvalue weighted by molar-refractivity contribution is 5.95. The number of hydrogen-bond acceptors (Lipinski definition) is 4. The fraction of sp³-hybridized carbons (Fsp3) is 0.0746. The predicted molar refractivity (Wildman–Crippen MR) is 294 cm³/mol. The molecule has 0 saturated carbocycles. The largest absolute Gasteiger partial charge is 0.255 e. The van der Waals surface area contributed by atoms with Crippen molar-refractivity contribution in [1.82, 2.24) is 19.9 Å². The molecular formula is C67H50N4. The molecule has 338 valence electrons. The van der Waals surface area contributed by atoms with E-state index in [2.05, 4.69) is 240 Å². The van der Waals surface area contributed by atoms with Crippen LogP contribution in [-0.2, 0) is 5.41 Å². The van der Waals surface area contributed by atoms with Crippen LogP contribution in [0, 0.1) is 13.8 Å². The second-order valence-corrected chi connectivity index (χ2v) is 19.2. The average molecular weight is 911 g/mol. The maximum atomic E-state index is 5.17. The van der Waals surface area contributed by atoms with Crippen molar-refractivity contribution in [3.05, 3.63) is 253 Å². The van der Waals surface area contributed by atoms with E-state index in [1.165, 1.54) is 61.2 Å². The number of rotatable bonds is 9. The van der Waals surface area contributed by atoms with Gasteiger partial charge in [-0.3, -0.25) is 4.98 Å². The summed E-state index contributed by atoms with van der Waals surface area (Å²) in [7, 11) is 0. The minimum absolute atomic E-state index is 0.141. The molecular weight excluding hydrogens is 861 g/mol. The van der Waals surface area contributed by atoms with Crippen molar-refractivity contribution in [3.63, 3.8) is 0 Å². The van der Waals surface area contributed by atoms with E-state index >= 15 is 0 Å². The van der Waals surface area contributed by atoms with E-state index in [9.17, 15) is 0 Å². The summed E-state index contributed by atoms with van der Waals surface area (Å²) < 4.78 is 0. The van der Waals surface area contributed by atoms with E-state index in [1.807, 2.05) is 18.3 Å². The van der Waals surface area contributed by atoms with Crippen LogP contribution in [0.4, 0.5) is 0 Å². The van der Waals surface area contributed by atoms with E-state index in [1.54, 1.807) is 0 Å². The van der Waals surface area contributed by atoms with Crippen molar-refractivity contribution >= 4 is 0 Å². The van der Waals surface area contributed by atoms with Gasteiger partial charge in [0.05, 0.1) is 5.69 Å². The summed E-state index contributed by atoms with van der Waals surface area (Å²) in [6, 6.07) is 80.2. The molecule has 2 aromatic heterocycles. The maximum Gasteiger partial charge on any atom is 0.165 e. The molecule has 0 N–H and O–H groups in total. The third kappa shape index (κ3) is 8.24. The second-order valence-electron chi connectivity index (χ2n) is 19.2. The van der Waals surface area contributed by atoms with Gasteiger partial charge in [0.1, 0.15) is 0 Å². The van der Waals surface area contributed by atoms with Gasteiger partial charge in [0.25, 0.3) is 0 Å². The molecule has 0 aliphatic heterocycles. The molecule has 4 heteroatoms. The molecule has 0 spiro atoms. The Balaban J connectivity index is 0.973. The lowest BCUT2D eigenvalue weighted by atomic mass is 9.81. The number of hydrogen-bond donors (Lipinski definition) is 0. The highest BCUT2D eigenvalue weighted by Gasteiger charge is 2.35. The van der Waals surface area contributed by atoms with Crippen molar-refractivity contribution in [1.29, 1.82) is 0 Å². The molecule has 0 amide bonds. The Morgan fingerprint density at radius 2 is 0.761 bits per heavy atom. The standard InChI is InChI=1S/C67H50N4/c1-43-35-44(2)37-54(36-43)55-25-11-12-26-56(55)57-32-30-50(40-60(57)49-29-33-59-58-27-13-14-28-61(58)67(3,4)62(59)41-49)63-34-31-53(42-68-63)66-70-64(51-23-15-21-47(38-51)45-17-7-5-8-18-45)69-65(71-66)52-24-16-22-48(39-52)46-19-9-6-10-20-46/h5-42H,1-4H3. The van der Waals surface area contributed by atoms with Gasteiger partial charge in [-0.1, -0.05) is 213 Å². The lowest BCUT2D eigenvalue weighted by Gasteiger charge is -2.23. The summed E-state index contributed by atoms with van der Waals surface area (Å²) >= 11 is 0. The Morgan fingerprint density at radius 3 is 1.38 bits per heavy atom. The molecule has 0 fully saturated rings. The lowest BCUT2D eigenvalue weighted by molar-refractivity contribution is 0.660. The first-order valence-corrected chi connectivity index (χ1v) is 24.3. The van der Waals surface area contributed by atoms with Gasteiger partial charge in [-0.05, 0) is 128 Å². The number of aromatic nitrogens is 4. The Bertz CT molecular complexity index is 3680. The smallest absolute Gasteiger partial charge is 0.165 e. The topological polar surface area (TPSA) is 51.6 Å². The van der Waals surface area contributed by atoms with E-state index in [0.29, 0.717) is 17.5 Å². The summed E-state index contributed by atoms with van der Waals surface area (Å²) in [6.45, 7) is 9.05. The second kappa shape index (κ2) is 17.9. The maximum absolute atomic E-state index is 5.17. The van der Waals surface area contributed by atoms with Crippen molar-refractivity contribution in [3.8, 4) is 112 Å². The van der Waals surface area contributed by atoms with Crippen molar-refractivity contribution in [2.24, 2.45) is 0 Å². The van der Waals surface area contributed by atoms with Crippen LogP contribution in [0.3, 0.4) is 0 Å². The first-order valence-electron chi connectivity index (χ1n) is 24.3. The molecule has 0 atom stereocenters. The van der Waals surface area contributed by atoms with Crippen LogP contribution < -0.4 is 0 Å². The van der Waals surface area contributed by atoms with Gasteiger partial charge in [-0.2, -0.15) is 0 Å². The van der Waals surface area contributed by atoms with Gasteiger partial charge in [-0.15, -0.1) is 0 Å². The quantitative estimate of drug-likeness (QED) is 0.145. The normalized spacial score (nSPS) is 12.3. The van der Waals surface area contributed by atoms with Crippen LogP contribution in [-0.4, -0.2) is 19.9 Å². The van der Waals surface area contributed by atoms with Crippen LogP contribution in [0.1, 0.15) is 36.1 Å². The van der Waals surface area contributed by atoms with E-state index < -0.39 is 0 Å². The highest BCUT2D eigenvalue weighted by Crippen LogP contribution is 2.50. The van der Waals surface area contributed by atoms with Crippen molar-refractivity contribution < 1.29 is 0 Å². The van der Waals surface area contributed by atoms with Gasteiger partial charge >= 0.3 is 0 Å². The minimum Gasteiger partial charge on any atom is -0.255 e. The zero-order chi connectivity index (χ0) is 48.1. The number of pyridine rings is 1. The van der Waals surface area contributed by atoms with Gasteiger partial charge in [0.2, 0.25) is 0 Å². The molecule has 0 radical (unpaired) electrons. The number of aryl methyl sites for hydroxylation is 2. The Hall–Kier alpha value is -8.86. The minimum atomic E-state index is -0.141. The van der Waals surface area contributed by atoms with Crippen LogP contribution >= 0.6 is 0 Å². The third-order valence-corrected chi connectivity index (χ3v) is 14.1. The van der Waals surface area contributed by atoms with Gasteiger partial charge < -0.3 is 0 Å². The number of nitrogens with zero attached hydrogens (tertiary/aromatic N) is 4. The molecule has 1 aliphatic carbocycles. The molecule has 0 saturated heterocycles. The van der Waals surface area contributed by atoms with Gasteiger partial charge in [0, 0.05) is 33.9 Å². The summed E-state index contributed by atoms with van der Waals surface area (Å²) in [5.74, 6) is 1.75. The van der Waals surface area contributed by atoms with E-state index in [0.717, 1.165) is 55.8 Å². The fourth-order valence-electron chi connectivity index (χ4n) is 10.5. The summed E-state index contributed by atoms with van der Waals surface area (Å²) in [5.41, 5.74) is 23.7. The Kier molecular flexibility index (Phi) is 10.9. The summed E-state index contributed by atoms with van der Waals surface area (Å²) in [5, 5.41) is 0. The first kappa shape index (κ1) is 43.4. The van der Waals surface area contributed by atoms with Crippen molar-refractivity contribution in [2.75, 3.05) is 0 Å². The molecule has 2 heterocycles. The third-order valence-electron chi connectivity index (χ3n) is 14.1. The van der Waals surface area contributed by atoms with Crippen LogP contribution in [0.25, 0.3) is 112 Å². The average Bonchev–Trinajstić information content (AvgIpc) is 3.65. The lowest BCUT2D eigenvalue weighted by Crippen LogP contribution is -2.14. The summed E-state index contributed by atoms with van der Waals surface area (Å²) in [4.78, 5) is 20.6. The van der Waals surface area contributed by atoms with Gasteiger partial charge in [-0.25, -0.2) is 15.0 Å². The molecule has 9 aromatic carbocycles. The molecule has 71 heavy (non-hydrogen) atoms. The molecule has 0 unspecified atom stereocenters. The SMILES string of the molecule is Cc1cc(C)cc(-c2ccccc2-c2ccc(-c3ccc(-c4nc(-c5cccc(-c6ccccc6)c5)nc(-c5cccc(-c6ccccc6)c5)n4)cn3)cc2-c2ccc3c(c2)C(C)(C)c2ccccc2-3)c1. The monoisotopic (exact) mass is 910 g/mol. The number of benzene rings is 9. The molecule has 12 rings (SSSR count). The van der Waals surface area contributed by atoms with Crippen molar-refractivity contribution in [2.45, 2.75) is 33.1 Å². The first-order chi connectivity index (χ1) is 34.7. The van der Waals surface area contributed by atoms with E-state index in [-0.39, 0.29) is 5.41 Å². The Labute approximate surface area is 416 Å². The zero-order valence-corrected chi connectivity index (χ0v) is 40.2. The Morgan fingerprint density at radius 1 is 0.282 bits per heavy atom. The predicted octanol–water partition coefficient (Wildman–Crippen LogP) is 17.2. The summed E-state index contributed by atoms with van der Waals surface area (Å²) in [6.07, 6.45) is 1.90. The molecule has 4 nitrogen and oxygen atoms in total. The molecule has 11 aromatic rings. The fourth-order valence-corrected chi connectivity index (χ4v) is 10.5. The highest BCUT2D eigenvalue weighted by atomic mass is 15.0. The van der Waals surface area contributed by atoms with Crippen LogP contribution in [0.5, 0.6) is 0 Å². The molecule has 0 bridgehead atoms. The van der Waals surface area contributed by atoms with Crippen LogP contribution in [0.2, 0.25) is 0 Å². The zero-order valence-electron chi connectivity index (χ0n) is 40.2. The van der Waals surface area contributed by atoms with Crippen LogP contribution in [0.15, 0.2) is 231 Å². The number of fused-ring (bicyclic) bond motifs is 3. The van der Waals surface area contributed by atoms with Gasteiger partial charge in [0.15, 0.2) is 17.5 Å². The molecule has 1 aliphatic rings.